The molecule has 1 fully saturated rings. The minimum atomic E-state index is -3.03. The highest BCUT2D eigenvalue weighted by Crippen LogP contribution is 2.25. The van der Waals surface area contributed by atoms with E-state index in [9.17, 15) is 17.4 Å². The van der Waals surface area contributed by atoms with Crippen LogP contribution in [-0.4, -0.2) is 40.4 Å². The normalized spacial score (nSPS) is 21.4. The van der Waals surface area contributed by atoms with E-state index < -0.39 is 23.2 Å². The molecule has 0 bridgehead atoms. The molecule has 1 aromatic carbocycles. The van der Waals surface area contributed by atoms with Gasteiger partial charge in [0.15, 0.2) is 5.96 Å². The second-order valence-corrected chi connectivity index (χ2v) is 8.59. The molecule has 3 unspecified atom stereocenters. The fourth-order valence-electron chi connectivity index (χ4n) is 3.32. The van der Waals surface area contributed by atoms with Crippen molar-refractivity contribution in [3.63, 3.8) is 0 Å². The van der Waals surface area contributed by atoms with Crippen LogP contribution in [0.2, 0.25) is 0 Å². The minimum absolute atomic E-state index is 0.0198. The Balaban J connectivity index is 2.10. The first kappa shape index (κ1) is 22.5. The number of nitrogens with zero attached hydrogens (tertiary/aromatic N) is 1. The number of nitrogens with one attached hydrogen (secondary N) is 2. The van der Waals surface area contributed by atoms with Crippen LogP contribution in [0.3, 0.4) is 0 Å². The largest absolute Gasteiger partial charge is 0.434 e. The van der Waals surface area contributed by atoms with Crippen LogP contribution in [0.15, 0.2) is 23.2 Å². The number of hydrogen-bond donors (Lipinski definition) is 2. The molecule has 0 spiro atoms. The van der Waals surface area contributed by atoms with E-state index in [-0.39, 0.29) is 29.1 Å². The molecule has 3 atom stereocenters. The van der Waals surface area contributed by atoms with Crippen molar-refractivity contribution in [2.75, 3.05) is 12.3 Å². The Morgan fingerprint density at radius 2 is 2.14 bits per heavy atom. The van der Waals surface area contributed by atoms with Crippen LogP contribution in [0.4, 0.5) is 13.2 Å². The lowest BCUT2D eigenvalue weighted by Gasteiger charge is -2.30. The average Bonchev–Trinajstić information content (AvgIpc) is 2.66. The first-order valence-corrected chi connectivity index (χ1v) is 11.0. The number of aliphatic imine (C=N–C) groups is 1. The number of hydrogen-bond acceptors (Lipinski definition) is 3. The van der Waals surface area contributed by atoms with Crippen molar-refractivity contribution in [2.45, 2.75) is 64.0 Å². The van der Waals surface area contributed by atoms with Crippen molar-refractivity contribution < 1.29 is 22.1 Å². The maximum Gasteiger partial charge on any atom is 0.387 e. The van der Waals surface area contributed by atoms with Crippen LogP contribution >= 0.6 is 0 Å². The Bertz CT molecular complexity index is 688. The Kier molecular flexibility index (Phi) is 9.08. The molecule has 5 nitrogen and oxygen atoms in total. The van der Waals surface area contributed by atoms with E-state index in [0.717, 1.165) is 25.7 Å². The first-order valence-electron chi connectivity index (χ1n) is 9.58. The van der Waals surface area contributed by atoms with Crippen molar-refractivity contribution in [1.29, 1.82) is 0 Å². The highest BCUT2D eigenvalue weighted by atomic mass is 32.2. The number of ether oxygens (including phenoxy) is 1. The van der Waals surface area contributed by atoms with Gasteiger partial charge in [0.1, 0.15) is 11.6 Å². The monoisotopic (exact) mass is 419 g/mol. The van der Waals surface area contributed by atoms with Gasteiger partial charge in [0.25, 0.3) is 0 Å². The molecule has 0 radical (unpaired) electrons. The van der Waals surface area contributed by atoms with Gasteiger partial charge in [-0.15, -0.1) is 0 Å². The molecular weight excluding hydrogens is 391 g/mol. The predicted molar refractivity (Wildman–Crippen MR) is 106 cm³/mol. The van der Waals surface area contributed by atoms with Crippen molar-refractivity contribution in [3.8, 4) is 5.75 Å². The zero-order chi connectivity index (χ0) is 20.5. The average molecular weight is 420 g/mol. The lowest BCUT2D eigenvalue weighted by atomic mass is 9.95. The SMILES string of the molecule is CCNC(=NCc1c(F)cccc1OC(F)F)NC1CCCC(S(=O)CC)C1. The highest BCUT2D eigenvalue weighted by molar-refractivity contribution is 7.85. The lowest BCUT2D eigenvalue weighted by molar-refractivity contribution is -0.0506. The second-order valence-electron chi connectivity index (χ2n) is 6.59. The summed E-state index contributed by atoms with van der Waals surface area (Å²) < 4.78 is 55.8. The molecule has 0 aliphatic heterocycles. The standard InChI is InChI=1S/C19H28F3N3O2S/c1-3-23-19(25-13-7-5-8-14(11-13)28(26)4-2)24-12-15-16(20)9-6-10-17(15)27-18(21)22/h6,9-10,13-14,18H,3-5,7-8,11-12H2,1-2H3,(H2,23,24,25). The molecule has 158 valence electrons. The molecular formula is C19H28F3N3O2S. The van der Waals surface area contributed by atoms with E-state index in [0.29, 0.717) is 18.3 Å². The summed E-state index contributed by atoms with van der Waals surface area (Å²) in [6.45, 7) is 1.25. The van der Waals surface area contributed by atoms with E-state index >= 15 is 0 Å². The molecule has 1 aliphatic carbocycles. The van der Waals surface area contributed by atoms with E-state index in [2.05, 4.69) is 20.4 Å². The summed E-state index contributed by atoms with van der Waals surface area (Å²) in [7, 11) is -0.836. The highest BCUT2D eigenvalue weighted by Gasteiger charge is 2.26. The first-order chi connectivity index (χ1) is 13.4. The molecule has 0 amide bonds. The Labute approximate surface area is 166 Å². The maximum absolute atomic E-state index is 14.1. The predicted octanol–water partition coefficient (Wildman–Crippen LogP) is 3.56. The van der Waals surface area contributed by atoms with Gasteiger partial charge in [-0.2, -0.15) is 8.78 Å². The molecule has 1 aromatic rings. The van der Waals surface area contributed by atoms with Gasteiger partial charge in [-0.25, -0.2) is 9.38 Å². The van der Waals surface area contributed by atoms with Gasteiger partial charge in [0.2, 0.25) is 0 Å². The summed E-state index contributed by atoms with van der Waals surface area (Å²) in [5.41, 5.74) is -0.0198. The molecule has 0 saturated heterocycles. The summed E-state index contributed by atoms with van der Waals surface area (Å²) in [6.07, 6.45) is 3.65. The third-order valence-electron chi connectivity index (χ3n) is 4.65. The molecule has 1 saturated carbocycles. The molecule has 0 heterocycles. The quantitative estimate of drug-likeness (QED) is 0.500. The summed E-state index contributed by atoms with van der Waals surface area (Å²) in [6, 6.07) is 3.92. The van der Waals surface area contributed by atoms with Crippen LogP contribution in [0.5, 0.6) is 5.75 Å². The molecule has 2 rings (SSSR count). The fourth-order valence-corrected chi connectivity index (χ4v) is 4.67. The number of rotatable bonds is 8. The molecule has 28 heavy (non-hydrogen) atoms. The number of benzene rings is 1. The zero-order valence-electron chi connectivity index (χ0n) is 16.2. The molecule has 0 aromatic heterocycles. The van der Waals surface area contributed by atoms with Gasteiger partial charge < -0.3 is 15.4 Å². The fraction of sp³-hybridized carbons (Fsp3) is 0.632. The van der Waals surface area contributed by atoms with Crippen molar-refractivity contribution >= 4 is 16.8 Å². The van der Waals surface area contributed by atoms with Crippen LogP contribution in [-0.2, 0) is 17.3 Å². The summed E-state index contributed by atoms with van der Waals surface area (Å²) in [5, 5.41) is 6.56. The van der Waals surface area contributed by atoms with Crippen LogP contribution < -0.4 is 15.4 Å². The van der Waals surface area contributed by atoms with Gasteiger partial charge in [-0.1, -0.05) is 19.4 Å². The topological polar surface area (TPSA) is 62.7 Å². The van der Waals surface area contributed by atoms with Crippen LogP contribution in [0.25, 0.3) is 0 Å². The summed E-state index contributed by atoms with van der Waals surface area (Å²) in [5.74, 6) is 0.257. The third kappa shape index (κ3) is 6.68. The van der Waals surface area contributed by atoms with Gasteiger partial charge in [-0.05, 0) is 38.3 Å². The zero-order valence-corrected chi connectivity index (χ0v) is 17.0. The maximum atomic E-state index is 14.1. The Morgan fingerprint density at radius 3 is 2.82 bits per heavy atom. The van der Waals surface area contributed by atoms with Gasteiger partial charge in [0, 0.05) is 34.4 Å². The van der Waals surface area contributed by atoms with Gasteiger partial charge >= 0.3 is 6.61 Å². The lowest BCUT2D eigenvalue weighted by Crippen LogP contribution is -2.46. The van der Waals surface area contributed by atoms with E-state index in [1.54, 1.807) is 0 Å². The Morgan fingerprint density at radius 1 is 1.36 bits per heavy atom. The minimum Gasteiger partial charge on any atom is -0.434 e. The van der Waals surface area contributed by atoms with Crippen molar-refractivity contribution in [2.24, 2.45) is 4.99 Å². The molecule has 2 N–H and O–H groups in total. The molecule has 9 heteroatoms. The number of halogens is 3. The van der Waals surface area contributed by atoms with Gasteiger partial charge in [0.05, 0.1) is 12.1 Å². The summed E-state index contributed by atoms with van der Waals surface area (Å²) in [4.78, 5) is 4.35. The van der Waals surface area contributed by atoms with Crippen molar-refractivity contribution in [1.82, 2.24) is 10.6 Å². The van der Waals surface area contributed by atoms with E-state index in [1.807, 2.05) is 13.8 Å². The van der Waals surface area contributed by atoms with Crippen LogP contribution in [0, 0.1) is 5.82 Å². The summed E-state index contributed by atoms with van der Waals surface area (Å²) >= 11 is 0. The smallest absolute Gasteiger partial charge is 0.387 e. The van der Waals surface area contributed by atoms with Crippen molar-refractivity contribution in [3.05, 3.63) is 29.6 Å². The Hall–Kier alpha value is -1.77. The van der Waals surface area contributed by atoms with E-state index in [1.165, 1.54) is 18.2 Å². The third-order valence-corrected chi connectivity index (χ3v) is 6.40. The van der Waals surface area contributed by atoms with E-state index in [4.69, 9.17) is 0 Å². The van der Waals surface area contributed by atoms with Gasteiger partial charge in [-0.3, -0.25) is 4.21 Å². The number of guanidine groups is 1. The second kappa shape index (κ2) is 11.3. The van der Waals surface area contributed by atoms with Crippen LogP contribution in [0.1, 0.15) is 45.1 Å². The molecule has 1 aliphatic rings. The number of alkyl halides is 2.